The normalized spacial score (nSPS) is 19.2. The van der Waals surface area contributed by atoms with Crippen molar-refractivity contribution in [2.24, 2.45) is 0 Å². The van der Waals surface area contributed by atoms with Crippen molar-refractivity contribution in [1.29, 1.82) is 0 Å². The van der Waals surface area contributed by atoms with Crippen LogP contribution in [-0.2, 0) is 9.59 Å². The van der Waals surface area contributed by atoms with Crippen LogP contribution in [0.3, 0.4) is 0 Å². The van der Waals surface area contributed by atoms with Crippen LogP contribution < -0.4 is 0 Å². The number of hydrogen-bond donors (Lipinski definition) is 1. The van der Waals surface area contributed by atoms with Crippen LogP contribution in [0, 0.1) is 0 Å². The van der Waals surface area contributed by atoms with Crippen LogP contribution in [0.25, 0.3) is 0 Å². The number of carbonyl (C=O) groups excluding carboxylic acids is 1. The topological polar surface area (TPSA) is 60.9 Å². The Bertz CT molecular complexity index is 352. The van der Waals surface area contributed by atoms with Gasteiger partial charge in [-0.25, -0.2) is 0 Å². The van der Waals surface area contributed by atoms with Crippen molar-refractivity contribution in [1.82, 2.24) is 9.80 Å². The summed E-state index contributed by atoms with van der Waals surface area (Å²) in [6.45, 7) is 3.83. The molecule has 128 valence electrons. The molecule has 1 N–H and O–H groups in total. The Labute approximate surface area is 138 Å². The zero-order valence-corrected chi connectivity index (χ0v) is 14.7. The van der Waals surface area contributed by atoms with E-state index in [0.717, 1.165) is 43.9 Å². The van der Waals surface area contributed by atoms with Gasteiger partial charge in [0.15, 0.2) is 0 Å². The van der Waals surface area contributed by atoms with Gasteiger partial charge >= 0.3 is 5.97 Å². The highest BCUT2D eigenvalue weighted by Gasteiger charge is 2.23. The average Bonchev–Trinajstić information content (AvgIpc) is 2.72. The van der Waals surface area contributed by atoms with Crippen LogP contribution in [0.4, 0.5) is 0 Å². The molecular weight excluding hydrogens is 300 g/mol. The smallest absolute Gasteiger partial charge is 0.317 e. The maximum Gasteiger partial charge on any atom is 0.317 e. The largest absolute Gasteiger partial charge is 0.480 e. The van der Waals surface area contributed by atoms with Crippen molar-refractivity contribution in [2.45, 2.75) is 51.5 Å². The monoisotopic (exact) mass is 330 g/mol. The maximum absolute atomic E-state index is 12.2. The van der Waals surface area contributed by atoms with E-state index in [-0.39, 0.29) is 18.5 Å². The molecule has 1 amide bonds. The molecule has 1 aliphatic rings. The predicted octanol–water partition coefficient (Wildman–Crippen LogP) is 2.31. The Morgan fingerprint density at radius 2 is 2.05 bits per heavy atom. The Kier molecular flexibility index (Phi) is 9.55. The lowest BCUT2D eigenvalue weighted by Crippen LogP contribution is -2.37. The van der Waals surface area contributed by atoms with Crippen LogP contribution >= 0.6 is 11.8 Å². The van der Waals surface area contributed by atoms with Gasteiger partial charge in [0.25, 0.3) is 0 Å². The van der Waals surface area contributed by atoms with Crippen LogP contribution in [-0.4, -0.2) is 71.0 Å². The molecule has 0 bridgehead atoms. The maximum atomic E-state index is 12.2. The molecule has 1 heterocycles. The van der Waals surface area contributed by atoms with Gasteiger partial charge in [-0.1, -0.05) is 13.3 Å². The summed E-state index contributed by atoms with van der Waals surface area (Å²) in [5.41, 5.74) is 0. The Morgan fingerprint density at radius 3 is 2.73 bits per heavy atom. The van der Waals surface area contributed by atoms with E-state index in [1.165, 1.54) is 12.8 Å². The number of nitrogens with zero attached hydrogens (tertiary/aromatic N) is 2. The molecule has 0 aromatic carbocycles. The number of carbonyl (C=O) groups is 2. The van der Waals surface area contributed by atoms with Gasteiger partial charge in [0.05, 0.1) is 6.54 Å². The van der Waals surface area contributed by atoms with Gasteiger partial charge in [-0.05, 0) is 38.5 Å². The number of likely N-dealkylation sites (tertiary alicyclic amines) is 1. The van der Waals surface area contributed by atoms with E-state index in [9.17, 15) is 9.59 Å². The number of unbranched alkanes of at least 4 members (excludes halogenated alkanes) is 1. The molecule has 0 spiro atoms. The van der Waals surface area contributed by atoms with E-state index in [1.807, 2.05) is 28.6 Å². The highest BCUT2D eigenvalue weighted by atomic mass is 32.2. The third-order valence-electron chi connectivity index (χ3n) is 4.16. The molecule has 1 atom stereocenters. The van der Waals surface area contributed by atoms with Crippen LogP contribution in [0.2, 0.25) is 0 Å². The number of aliphatic carboxylic acids is 1. The van der Waals surface area contributed by atoms with E-state index >= 15 is 0 Å². The summed E-state index contributed by atoms with van der Waals surface area (Å²) in [7, 11) is 1.86. The van der Waals surface area contributed by atoms with Crippen molar-refractivity contribution in [3.8, 4) is 0 Å². The van der Waals surface area contributed by atoms with Crippen molar-refractivity contribution >= 4 is 23.6 Å². The van der Waals surface area contributed by atoms with Crippen LogP contribution in [0.15, 0.2) is 0 Å². The number of likely N-dealkylation sites (N-methyl/N-ethyl adjacent to an activating group) is 1. The number of rotatable bonds is 9. The average molecular weight is 330 g/mol. The molecule has 0 aliphatic carbocycles. The van der Waals surface area contributed by atoms with Crippen molar-refractivity contribution < 1.29 is 14.7 Å². The van der Waals surface area contributed by atoms with Crippen LogP contribution in [0.5, 0.6) is 0 Å². The summed E-state index contributed by atoms with van der Waals surface area (Å²) >= 11 is 1.87. The summed E-state index contributed by atoms with van der Waals surface area (Å²) in [4.78, 5) is 26.9. The number of carboxylic acid groups (broad SMARTS) is 1. The minimum absolute atomic E-state index is 0.0761. The molecule has 1 saturated heterocycles. The first kappa shape index (κ1) is 19.3. The van der Waals surface area contributed by atoms with Gasteiger partial charge in [0.1, 0.15) is 0 Å². The molecule has 0 aromatic heterocycles. The van der Waals surface area contributed by atoms with Gasteiger partial charge < -0.3 is 10.0 Å². The Balaban J connectivity index is 2.29. The second-order valence-corrected chi connectivity index (χ2v) is 7.22. The fraction of sp³-hybridized carbons (Fsp3) is 0.875. The Morgan fingerprint density at radius 1 is 1.27 bits per heavy atom. The van der Waals surface area contributed by atoms with E-state index in [1.54, 1.807) is 0 Å². The van der Waals surface area contributed by atoms with E-state index in [0.29, 0.717) is 6.42 Å². The van der Waals surface area contributed by atoms with Gasteiger partial charge in [0.2, 0.25) is 5.91 Å². The highest BCUT2D eigenvalue weighted by Crippen LogP contribution is 2.17. The van der Waals surface area contributed by atoms with Gasteiger partial charge in [-0.3, -0.25) is 14.5 Å². The lowest BCUT2D eigenvalue weighted by atomic mass is 10.1. The minimum Gasteiger partial charge on any atom is -0.480 e. The first-order valence-corrected chi connectivity index (χ1v) is 9.47. The van der Waals surface area contributed by atoms with E-state index in [4.69, 9.17) is 5.11 Å². The van der Waals surface area contributed by atoms with Gasteiger partial charge in [-0.15, -0.1) is 0 Å². The molecule has 1 rings (SSSR count). The number of carboxylic acids is 1. The molecule has 1 unspecified atom stereocenters. The molecule has 1 aliphatic heterocycles. The summed E-state index contributed by atoms with van der Waals surface area (Å²) in [6, 6.07) is 0.271. The zero-order valence-electron chi connectivity index (χ0n) is 13.9. The predicted molar refractivity (Wildman–Crippen MR) is 91.3 cm³/mol. The third-order valence-corrected chi connectivity index (χ3v) is 5.23. The van der Waals surface area contributed by atoms with Crippen molar-refractivity contribution in [3.63, 3.8) is 0 Å². The molecule has 6 heteroatoms. The minimum atomic E-state index is -0.788. The summed E-state index contributed by atoms with van der Waals surface area (Å²) in [5.74, 6) is 1.53. The molecule has 5 nitrogen and oxygen atoms in total. The fourth-order valence-corrected chi connectivity index (χ4v) is 3.79. The SMILES string of the molecule is CCCCSCCC(=O)N1CCCC(N(C)CC(=O)O)CC1. The van der Waals surface area contributed by atoms with Gasteiger partial charge in [-0.2, -0.15) is 11.8 Å². The molecule has 22 heavy (non-hydrogen) atoms. The van der Waals surface area contributed by atoms with Crippen molar-refractivity contribution in [2.75, 3.05) is 38.2 Å². The molecule has 0 radical (unpaired) electrons. The molecule has 0 saturated carbocycles. The number of thioether (sulfide) groups is 1. The highest BCUT2D eigenvalue weighted by molar-refractivity contribution is 7.99. The molecular formula is C16H30N2O3S. The fourth-order valence-electron chi connectivity index (χ4n) is 2.78. The summed E-state index contributed by atoms with van der Waals surface area (Å²) < 4.78 is 0. The summed E-state index contributed by atoms with van der Waals surface area (Å²) in [5, 5.41) is 8.88. The summed E-state index contributed by atoms with van der Waals surface area (Å²) in [6.07, 6.45) is 5.86. The third kappa shape index (κ3) is 7.49. The first-order chi connectivity index (χ1) is 10.5. The lowest BCUT2D eigenvalue weighted by molar-refractivity contribution is -0.138. The zero-order chi connectivity index (χ0) is 16.4. The quantitative estimate of drug-likeness (QED) is 0.657. The standard InChI is InChI=1S/C16H30N2O3S/c1-3-4-11-22-12-8-15(19)18-9-5-6-14(7-10-18)17(2)13-16(20)21/h14H,3-13H2,1-2H3,(H,20,21). The second-order valence-electron chi connectivity index (χ2n) is 5.99. The lowest BCUT2D eigenvalue weighted by Gasteiger charge is -2.25. The Hall–Kier alpha value is -0.750. The molecule has 0 aromatic rings. The van der Waals surface area contributed by atoms with Crippen molar-refractivity contribution in [3.05, 3.63) is 0 Å². The first-order valence-electron chi connectivity index (χ1n) is 8.32. The number of amides is 1. The molecule has 1 fully saturated rings. The van der Waals surface area contributed by atoms with E-state index < -0.39 is 5.97 Å². The van der Waals surface area contributed by atoms with E-state index in [2.05, 4.69) is 6.92 Å². The second kappa shape index (κ2) is 10.9. The van der Waals surface area contributed by atoms with Gasteiger partial charge in [0, 0.05) is 31.3 Å². The van der Waals surface area contributed by atoms with Crippen LogP contribution in [0.1, 0.15) is 45.4 Å². The number of hydrogen-bond acceptors (Lipinski definition) is 4.